The smallest absolute Gasteiger partial charge is 0.429 e. The van der Waals surface area contributed by atoms with Gasteiger partial charge in [0.05, 0.1) is 11.2 Å². The third kappa shape index (κ3) is 17.8. The number of aliphatic hydroxyl groups is 2. The van der Waals surface area contributed by atoms with E-state index in [4.69, 9.17) is 30.3 Å². The Morgan fingerprint density at radius 3 is 0.714 bits per heavy atom. The fourth-order valence-corrected chi connectivity index (χ4v) is 0. The summed E-state index contributed by atoms with van der Waals surface area (Å²) in [5.41, 5.74) is -2.01. The molecule has 6 N–H and O–H groups in total. The fourth-order valence-electron chi connectivity index (χ4n) is 0. The molecule has 14 heavy (non-hydrogen) atoms. The fraction of sp³-hybridized carbons (Fsp3) is 1.00. The Morgan fingerprint density at radius 2 is 0.714 bits per heavy atom. The Morgan fingerprint density at radius 1 is 0.643 bits per heavy atom. The van der Waals surface area contributed by atoms with Crippen molar-refractivity contribution in [2.75, 3.05) is 0 Å². The first kappa shape index (κ1) is 19.5. The normalized spacial score (nSPS) is 10.1. The molecule has 6 nitrogen and oxygen atoms in total. The van der Waals surface area contributed by atoms with E-state index in [1.165, 1.54) is 0 Å². The van der Waals surface area contributed by atoms with Gasteiger partial charge in [0, 0.05) is 0 Å². The molecule has 0 unspecified atom stereocenters. The molecule has 0 rings (SSSR count). The minimum atomic E-state index is -1.01. The van der Waals surface area contributed by atoms with Gasteiger partial charge < -0.3 is 30.3 Å². The molecule has 0 aromatic heterocycles. The first-order valence-electron chi connectivity index (χ1n) is 3.73. The molecular formula is C6H18B2O6. The molecule has 0 aliphatic carbocycles. The van der Waals surface area contributed by atoms with Crippen molar-refractivity contribution in [2.45, 2.75) is 38.9 Å². The van der Waals surface area contributed by atoms with Gasteiger partial charge in [0.2, 0.25) is 0 Å². The highest BCUT2D eigenvalue weighted by atomic mass is 16.4. The van der Waals surface area contributed by atoms with E-state index in [1.807, 2.05) is 0 Å². The zero-order valence-corrected chi connectivity index (χ0v) is 8.84. The van der Waals surface area contributed by atoms with Crippen LogP contribution in [0.4, 0.5) is 0 Å². The van der Waals surface area contributed by atoms with Crippen LogP contribution in [0.3, 0.4) is 0 Å². The topological polar surface area (TPSA) is 121 Å². The first-order chi connectivity index (χ1) is 6.08. The van der Waals surface area contributed by atoms with Gasteiger partial charge in [-0.25, -0.2) is 0 Å². The molecule has 0 bridgehead atoms. The van der Waals surface area contributed by atoms with Gasteiger partial charge >= 0.3 is 15.4 Å². The molecule has 0 spiro atoms. The van der Waals surface area contributed by atoms with E-state index in [0.717, 1.165) is 0 Å². The molecule has 0 fully saturated rings. The van der Waals surface area contributed by atoms with Gasteiger partial charge in [0.25, 0.3) is 0 Å². The summed E-state index contributed by atoms with van der Waals surface area (Å²) >= 11 is 0. The number of hydrogen-bond donors (Lipinski definition) is 6. The maximum Gasteiger partial charge on any atom is 0.482 e. The molecule has 0 aliphatic heterocycles. The Hall–Kier alpha value is -0.110. The van der Waals surface area contributed by atoms with Crippen LogP contribution in [0.5, 0.6) is 0 Å². The van der Waals surface area contributed by atoms with Crippen LogP contribution in [0.15, 0.2) is 0 Å². The average Bonchev–Trinajstić information content (AvgIpc) is 1.85. The van der Waals surface area contributed by atoms with E-state index < -0.39 is 11.2 Å². The molecule has 84 valence electrons. The van der Waals surface area contributed by atoms with Gasteiger partial charge in [-0.1, -0.05) is 0 Å². The van der Waals surface area contributed by atoms with Gasteiger partial charge in [-0.15, -0.1) is 0 Å². The van der Waals surface area contributed by atoms with E-state index in [1.54, 1.807) is 27.7 Å². The van der Waals surface area contributed by atoms with Gasteiger partial charge in [0.15, 0.2) is 0 Å². The first-order valence-corrected chi connectivity index (χ1v) is 3.73. The highest BCUT2D eigenvalue weighted by molar-refractivity contribution is 6.13. The number of rotatable bonds is 1. The number of hydrogen-bond acceptors (Lipinski definition) is 6. The van der Waals surface area contributed by atoms with Gasteiger partial charge in [0.1, 0.15) is 0 Å². The van der Waals surface area contributed by atoms with Crippen molar-refractivity contribution in [3.8, 4) is 0 Å². The zero-order valence-electron chi connectivity index (χ0n) is 8.84. The summed E-state index contributed by atoms with van der Waals surface area (Å²) in [5.74, 6) is 0. The summed E-state index contributed by atoms with van der Waals surface area (Å²) in [7, 11) is 0. The second-order valence-corrected chi connectivity index (χ2v) is 3.35. The molecular weight excluding hydrogens is 190 g/mol. The largest absolute Gasteiger partial charge is 0.482 e. The van der Waals surface area contributed by atoms with E-state index in [9.17, 15) is 0 Å². The molecule has 0 aromatic carbocycles. The highest BCUT2D eigenvalue weighted by Gasteiger charge is 2.31. The maximum atomic E-state index is 9.10. The minimum absolute atomic E-state index is 0. The molecule has 0 aliphatic rings. The average molecular weight is 208 g/mol. The maximum absolute atomic E-state index is 9.10. The minimum Gasteiger partial charge on any atom is -0.429 e. The lowest BCUT2D eigenvalue weighted by Gasteiger charge is -2.31. The summed E-state index contributed by atoms with van der Waals surface area (Å²) in [4.78, 5) is 0. The molecule has 0 atom stereocenters. The van der Waals surface area contributed by atoms with Crippen molar-refractivity contribution >= 4 is 15.4 Å². The summed E-state index contributed by atoms with van der Waals surface area (Å²) in [5, 5.41) is 46.2. The van der Waals surface area contributed by atoms with E-state index in [2.05, 4.69) is 0 Å². The molecule has 2 radical (unpaired) electrons. The van der Waals surface area contributed by atoms with Crippen LogP contribution < -0.4 is 0 Å². The second-order valence-electron chi connectivity index (χ2n) is 3.35. The van der Waals surface area contributed by atoms with Crippen LogP contribution in [-0.2, 0) is 0 Å². The van der Waals surface area contributed by atoms with Gasteiger partial charge in [-0.2, -0.15) is 0 Å². The SMILES string of the molecule is CC(C)(O)C(C)(C)O.O[B]O.O[B]O. The molecule has 0 aromatic rings. The summed E-state index contributed by atoms with van der Waals surface area (Å²) in [6.07, 6.45) is 0. The van der Waals surface area contributed by atoms with Crippen LogP contribution in [-0.4, -0.2) is 56.9 Å². The van der Waals surface area contributed by atoms with Gasteiger partial charge in [-0.05, 0) is 27.7 Å². The lowest BCUT2D eigenvalue weighted by molar-refractivity contribution is -0.107. The third-order valence-electron chi connectivity index (χ3n) is 1.50. The molecule has 8 heteroatoms. The lowest BCUT2D eigenvalue weighted by atomic mass is 9.90. The van der Waals surface area contributed by atoms with E-state index in [-0.39, 0.29) is 15.4 Å². The summed E-state index contributed by atoms with van der Waals surface area (Å²) < 4.78 is 0. The Labute approximate surface area is 85.5 Å². The van der Waals surface area contributed by atoms with Crippen LogP contribution in [0, 0.1) is 0 Å². The summed E-state index contributed by atoms with van der Waals surface area (Å²) in [6.45, 7) is 6.31. The monoisotopic (exact) mass is 208 g/mol. The van der Waals surface area contributed by atoms with Crippen LogP contribution >= 0.6 is 0 Å². The predicted octanol–water partition coefficient (Wildman–Crippen LogP) is -2.46. The third-order valence-corrected chi connectivity index (χ3v) is 1.50. The van der Waals surface area contributed by atoms with Crippen molar-refractivity contribution in [1.82, 2.24) is 0 Å². The van der Waals surface area contributed by atoms with Crippen molar-refractivity contribution < 1.29 is 30.3 Å². The van der Waals surface area contributed by atoms with E-state index >= 15 is 0 Å². The molecule has 0 heterocycles. The van der Waals surface area contributed by atoms with Crippen molar-refractivity contribution in [1.29, 1.82) is 0 Å². The highest BCUT2D eigenvalue weighted by Crippen LogP contribution is 2.19. The van der Waals surface area contributed by atoms with Gasteiger partial charge in [-0.3, -0.25) is 0 Å². The van der Waals surface area contributed by atoms with Crippen molar-refractivity contribution in [3.05, 3.63) is 0 Å². The molecule has 0 saturated heterocycles. The standard InChI is InChI=1S/C6H14O2.2BH2O2/c1-5(2,7)6(3,4)8;2*2-1-3/h7-8H,1-4H3;2*2-3H. The Bertz CT molecular complexity index is 93.9. The van der Waals surface area contributed by atoms with Crippen LogP contribution in [0.1, 0.15) is 27.7 Å². The van der Waals surface area contributed by atoms with Crippen LogP contribution in [0.2, 0.25) is 0 Å². The molecule has 0 amide bonds. The van der Waals surface area contributed by atoms with Crippen LogP contribution in [0.25, 0.3) is 0 Å². The predicted molar refractivity (Wildman–Crippen MR) is 53.0 cm³/mol. The van der Waals surface area contributed by atoms with Crippen molar-refractivity contribution in [2.24, 2.45) is 0 Å². The second kappa shape index (κ2) is 9.45. The Kier molecular flexibility index (Phi) is 13.1. The van der Waals surface area contributed by atoms with Crippen molar-refractivity contribution in [3.63, 3.8) is 0 Å². The van der Waals surface area contributed by atoms with E-state index in [0.29, 0.717) is 0 Å². The molecule has 0 saturated carbocycles. The zero-order chi connectivity index (χ0) is 12.4. The quantitative estimate of drug-likeness (QED) is 0.266. The lowest BCUT2D eigenvalue weighted by Crippen LogP contribution is -2.44. The summed E-state index contributed by atoms with van der Waals surface area (Å²) in [6, 6.07) is 0. The Balaban J connectivity index is -0.000000168.